The zero-order valence-electron chi connectivity index (χ0n) is 13.8. The van der Waals surface area contributed by atoms with Crippen molar-refractivity contribution in [1.29, 1.82) is 0 Å². The first-order valence-corrected chi connectivity index (χ1v) is 7.76. The van der Waals surface area contributed by atoms with Crippen LogP contribution in [0.3, 0.4) is 0 Å². The summed E-state index contributed by atoms with van der Waals surface area (Å²) >= 11 is 0. The summed E-state index contributed by atoms with van der Waals surface area (Å²) in [5, 5.41) is 0. The van der Waals surface area contributed by atoms with Gasteiger partial charge in [0.15, 0.2) is 6.10 Å². The van der Waals surface area contributed by atoms with Crippen molar-refractivity contribution in [1.82, 2.24) is 4.90 Å². The van der Waals surface area contributed by atoms with E-state index < -0.39 is 6.10 Å². The minimum atomic E-state index is -0.592. The predicted molar refractivity (Wildman–Crippen MR) is 88.8 cm³/mol. The molecule has 0 bridgehead atoms. The second kappa shape index (κ2) is 7.77. The Bertz CT molecular complexity index is 672. The lowest BCUT2D eigenvalue weighted by Crippen LogP contribution is -2.40. The number of ether oxygens (including phenoxy) is 1. The monoisotopic (exact) mass is 315 g/mol. The molecule has 0 spiro atoms. The molecule has 1 atom stereocenters. The van der Waals surface area contributed by atoms with Crippen LogP contribution in [0.5, 0.6) is 5.75 Å². The lowest BCUT2D eigenvalue weighted by atomic mass is 10.2. The van der Waals surface area contributed by atoms with Gasteiger partial charge in [0.25, 0.3) is 5.91 Å². The fraction of sp³-hybridized carbons (Fsp3) is 0.316. The van der Waals surface area contributed by atoms with Gasteiger partial charge < -0.3 is 9.64 Å². The Morgan fingerprint density at radius 2 is 1.96 bits per heavy atom. The van der Waals surface area contributed by atoms with Gasteiger partial charge in [-0.05, 0) is 56.2 Å². The van der Waals surface area contributed by atoms with Gasteiger partial charge >= 0.3 is 0 Å². The number of hydrogen-bond donors (Lipinski definition) is 0. The first-order valence-electron chi connectivity index (χ1n) is 7.76. The molecule has 1 amide bonds. The average molecular weight is 315 g/mol. The van der Waals surface area contributed by atoms with Gasteiger partial charge in [0.2, 0.25) is 0 Å². The zero-order chi connectivity index (χ0) is 16.8. The van der Waals surface area contributed by atoms with Crippen molar-refractivity contribution in [3.05, 3.63) is 65.5 Å². The number of halogens is 1. The number of likely N-dealkylation sites (N-methyl/N-ethyl adjacent to an activating group) is 1. The van der Waals surface area contributed by atoms with E-state index in [-0.39, 0.29) is 11.7 Å². The van der Waals surface area contributed by atoms with Crippen molar-refractivity contribution in [3.8, 4) is 5.75 Å². The standard InChI is InChI=1S/C19H22FNO2/c1-4-21(13-16-8-6-9-17(20)12-16)19(22)15(3)23-18-10-5-7-14(2)11-18/h5-12,15H,4,13H2,1-3H3. The summed E-state index contributed by atoms with van der Waals surface area (Å²) in [6.45, 7) is 6.52. The molecular formula is C19H22FNO2. The topological polar surface area (TPSA) is 29.5 Å². The average Bonchev–Trinajstić information content (AvgIpc) is 2.52. The third-order valence-corrected chi connectivity index (χ3v) is 3.61. The lowest BCUT2D eigenvalue weighted by molar-refractivity contribution is -0.138. The fourth-order valence-corrected chi connectivity index (χ4v) is 2.40. The van der Waals surface area contributed by atoms with Crippen LogP contribution in [0.4, 0.5) is 4.39 Å². The van der Waals surface area contributed by atoms with Crippen molar-refractivity contribution in [3.63, 3.8) is 0 Å². The number of carbonyl (C=O) groups is 1. The van der Waals surface area contributed by atoms with Gasteiger partial charge in [-0.1, -0.05) is 24.3 Å². The summed E-state index contributed by atoms with van der Waals surface area (Å²) in [5.74, 6) is 0.265. The van der Waals surface area contributed by atoms with Crippen molar-refractivity contribution < 1.29 is 13.9 Å². The second-order valence-corrected chi connectivity index (χ2v) is 5.56. The molecule has 0 saturated carbocycles. The summed E-state index contributed by atoms with van der Waals surface area (Å²) < 4.78 is 19.0. The minimum absolute atomic E-state index is 0.113. The molecule has 0 radical (unpaired) electrons. The minimum Gasteiger partial charge on any atom is -0.481 e. The maximum absolute atomic E-state index is 13.3. The molecule has 2 aromatic carbocycles. The van der Waals surface area contributed by atoms with Crippen molar-refractivity contribution in [2.24, 2.45) is 0 Å². The summed E-state index contributed by atoms with van der Waals surface area (Å²) in [4.78, 5) is 14.2. The molecule has 0 aliphatic heterocycles. The fourth-order valence-electron chi connectivity index (χ4n) is 2.40. The number of hydrogen-bond acceptors (Lipinski definition) is 2. The molecule has 2 aromatic rings. The molecule has 3 nitrogen and oxygen atoms in total. The van der Waals surface area contributed by atoms with Gasteiger partial charge in [-0.3, -0.25) is 4.79 Å². The van der Waals surface area contributed by atoms with Gasteiger partial charge in [-0.15, -0.1) is 0 Å². The first-order chi connectivity index (χ1) is 11.0. The van der Waals surface area contributed by atoms with Crippen LogP contribution in [0, 0.1) is 12.7 Å². The van der Waals surface area contributed by atoms with Gasteiger partial charge in [-0.2, -0.15) is 0 Å². The SMILES string of the molecule is CCN(Cc1cccc(F)c1)C(=O)C(C)Oc1cccc(C)c1. The molecule has 2 rings (SSSR count). The van der Waals surface area contributed by atoms with Crippen molar-refractivity contribution in [2.75, 3.05) is 6.54 Å². The Labute approximate surface area is 136 Å². The molecular weight excluding hydrogens is 293 g/mol. The largest absolute Gasteiger partial charge is 0.481 e. The van der Waals surface area contributed by atoms with E-state index in [0.717, 1.165) is 11.1 Å². The molecule has 0 fully saturated rings. The van der Waals surface area contributed by atoms with Gasteiger partial charge in [-0.25, -0.2) is 4.39 Å². The molecule has 122 valence electrons. The Hall–Kier alpha value is -2.36. The van der Waals surface area contributed by atoms with Crippen LogP contribution in [0.25, 0.3) is 0 Å². The molecule has 4 heteroatoms. The van der Waals surface area contributed by atoms with E-state index in [9.17, 15) is 9.18 Å². The van der Waals surface area contributed by atoms with E-state index in [0.29, 0.717) is 18.8 Å². The number of benzene rings is 2. The highest BCUT2D eigenvalue weighted by Gasteiger charge is 2.21. The quantitative estimate of drug-likeness (QED) is 0.808. The van der Waals surface area contributed by atoms with E-state index in [1.807, 2.05) is 44.2 Å². The van der Waals surface area contributed by atoms with Crippen LogP contribution < -0.4 is 4.74 Å². The Balaban J connectivity index is 2.03. The van der Waals surface area contributed by atoms with E-state index in [1.54, 1.807) is 17.9 Å². The van der Waals surface area contributed by atoms with Crippen molar-refractivity contribution in [2.45, 2.75) is 33.4 Å². The lowest BCUT2D eigenvalue weighted by Gasteiger charge is -2.25. The highest BCUT2D eigenvalue weighted by molar-refractivity contribution is 5.80. The van der Waals surface area contributed by atoms with Gasteiger partial charge in [0, 0.05) is 13.1 Å². The Morgan fingerprint density at radius 1 is 1.22 bits per heavy atom. The molecule has 23 heavy (non-hydrogen) atoms. The number of aryl methyl sites for hydroxylation is 1. The Morgan fingerprint density at radius 3 is 2.61 bits per heavy atom. The molecule has 0 aliphatic carbocycles. The number of carbonyl (C=O) groups excluding carboxylic acids is 1. The summed E-state index contributed by atoms with van der Waals surface area (Å²) in [6, 6.07) is 13.9. The number of nitrogens with zero attached hydrogens (tertiary/aromatic N) is 1. The van der Waals surface area contributed by atoms with E-state index in [1.165, 1.54) is 12.1 Å². The molecule has 0 saturated heterocycles. The van der Waals surface area contributed by atoms with Gasteiger partial charge in [0.1, 0.15) is 11.6 Å². The smallest absolute Gasteiger partial charge is 0.263 e. The summed E-state index contributed by atoms with van der Waals surface area (Å²) in [7, 11) is 0. The summed E-state index contributed by atoms with van der Waals surface area (Å²) in [6.07, 6.45) is -0.592. The third kappa shape index (κ3) is 4.81. The van der Waals surface area contributed by atoms with Crippen LogP contribution in [-0.2, 0) is 11.3 Å². The predicted octanol–water partition coefficient (Wildman–Crippen LogP) is 3.95. The maximum Gasteiger partial charge on any atom is 0.263 e. The normalized spacial score (nSPS) is 11.8. The molecule has 0 N–H and O–H groups in total. The molecule has 0 heterocycles. The van der Waals surface area contributed by atoms with Crippen molar-refractivity contribution >= 4 is 5.91 Å². The van der Waals surface area contributed by atoms with E-state index >= 15 is 0 Å². The highest BCUT2D eigenvalue weighted by Crippen LogP contribution is 2.16. The summed E-state index contributed by atoms with van der Waals surface area (Å²) in [5.41, 5.74) is 1.84. The zero-order valence-corrected chi connectivity index (χ0v) is 13.8. The van der Waals surface area contributed by atoms with Crippen LogP contribution >= 0.6 is 0 Å². The first kappa shape index (κ1) is 17.0. The second-order valence-electron chi connectivity index (χ2n) is 5.56. The Kier molecular flexibility index (Phi) is 5.74. The van der Waals surface area contributed by atoms with Crippen LogP contribution in [0.15, 0.2) is 48.5 Å². The van der Waals surface area contributed by atoms with Crippen LogP contribution in [0.2, 0.25) is 0 Å². The van der Waals surface area contributed by atoms with E-state index in [4.69, 9.17) is 4.74 Å². The van der Waals surface area contributed by atoms with Crippen LogP contribution in [-0.4, -0.2) is 23.5 Å². The molecule has 0 aromatic heterocycles. The number of amides is 1. The maximum atomic E-state index is 13.3. The van der Waals surface area contributed by atoms with E-state index in [2.05, 4.69) is 0 Å². The van der Waals surface area contributed by atoms with Gasteiger partial charge in [0.05, 0.1) is 0 Å². The third-order valence-electron chi connectivity index (χ3n) is 3.61. The molecule has 1 unspecified atom stereocenters. The van der Waals surface area contributed by atoms with Crippen LogP contribution in [0.1, 0.15) is 25.0 Å². The number of rotatable bonds is 6. The highest BCUT2D eigenvalue weighted by atomic mass is 19.1. The molecule has 0 aliphatic rings.